The van der Waals surface area contributed by atoms with Crippen molar-refractivity contribution in [3.05, 3.63) is 17.8 Å². The van der Waals surface area contributed by atoms with Gasteiger partial charge in [0.2, 0.25) is 0 Å². The first kappa shape index (κ1) is 13.7. The van der Waals surface area contributed by atoms with E-state index in [1.165, 1.54) is 6.07 Å². The van der Waals surface area contributed by atoms with Gasteiger partial charge in [-0.05, 0) is 25.0 Å². The first-order valence-electron chi connectivity index (χ1n) is 5.13. The largest absolute Gasteiger partial charge is 0.435 e. The predicted molar refractivity (Wildman–Crippen MR) is 56.4 cm³/mol. The number of halogens is 3. The zero-order chi connectivity index (χ0) is 13.1. The minimum absolute atomic E-state index is 0.0117. The molecule has 0 spiro atoms. The second-order valence-electron chi connectivity index (χ2n) is 3.89. The van der Waals surface area contributed by atoms with Gasteiger partial charge in [-0.1, -0.05) is 6.92 Å². The number of aromatic nitrogens is 2. The lowest BCUT2D eigenvalue weighted by atomic mass is 10.1. The molecule has 1 rings (SSSR count). The third-order valence-electron chi connectivity index (χ3n) is 2.47. The highest BCUT2D eigenvalue weighted by Crippen LogP contribution is 2.27. The van der Waals surface area contributed by atoms with Crippen LogP contribution in [-0.2, 0) is 6.18 Å². The van der Waals surface area contributed by atoms with Crippen molar-refractivity contribution in [3.8, 4) is 0 Å². The molecule has 17 heavy (non-hydrogen) atoms. The highest BCUT2D eigenvalue weighted by atomic mass is 19.4. The van der Waals surface area contributed by atoms with E-state index in [1.807, 2.05) is 6.92 Å². The van der Waals surface area contributed by atoms with Gasteiger partial charge in [0.1, 0.15) is 5.82 Å². The maximum absolute atomic E-state index is 12.2. The van der Waals surface area contributed by atoms with Gasteiger partial charge in [-0.2, -0.15) is 13.2 Å². The molecule has 0 saturated heterocycles. The Kier molecular flexibility index (Phi) is 4.28. The molecule has 0 fully saturated rings. The van der Waals surface area contributed by atoms with E-state index in [4.69, 9.17) is 5.11 Å². The monoisotopic (exact) mass is 249 g/mol. The third kappa shape index (κ3) is 3.85. The van der Waals surface area contributed by atoms with Gasteiger partial charge < -0.3 is 10.4 Å². The van der Waals surface area contributed by atoms with Gasteiger partial charge in [0.25, 0.3) is 0 Å². The summed E-state index contributed by atoms with van der Waals surface area (Å²) in [7, 11) is 0. The van der Waals surface area contributed by atoms with Crippen molar-refractivity contribution in [2.45, 2.75) is 26.1 Å². The molecule has 0 saturated carbocycles. The number of hydrogen-bond acceptors (Lipinski definition) is 4. The van der Waals surface area contributed by atoms with Gasteiger partial charge in [-0.15, -0.1) is 10.2 Å². The number of aliphatic hydroxyl groups excluding tert-OH is 1. The fraction of sp³-hybridized carbons (Fsp3) is 0.600. The van der Waals surface area contributed by atoms with E-state index < -0.39 is 11.9 Å². The van der Waals surface area contributed by atoms with E-state index in [9.17, 15) is 13.2 Å². The molecule has 0 amide bonds. The number of nitrogens with zero attached hydrogens (tertiary/aromatic N) is 2. The van der Waals surface area contributed by atoms with E-state index in [2.05, 4.69) is 15.5 Å². The van der Waals surface area contributed by atoms with Gasteiger partial charge >= 0.3 is 6.18 Å². The number of alkyl halides is 3. The lowest BCUT2D eigenvalue weighted by Crippen LogP contribution is -2.27. The minimum atomic E-state index is -4.48. The summed E-state index contributed by atoms with van der Waals surface area (Å²) in [6.45, 7) is 3.61. The van der Waals surface area contributed by atoms with E-state index >= 15 is 0 Å². The number of nitrogens with one attached hydrogen (secondary N) is 1. The molecule has 2 unspecified atom stereocenters. The fourth-order valence-electron chi connectivity index (χ4n) is 1.09. The molecule has 0 aromatic carbocycles. The van der Waals surface area contributed by atoms with Crippen molar-refractivity contribution in [2.24, 2.45) is 5.92 Å². The van der Waals surface area contributed by atoms with Gasteiger partial charge in [0.05, 0.1) is 0 Å². The van der Waals surface area contributed by atoms with Gasteiger partial charge in [-0.25, -0.2) is 0 Å². The van der Waals surface area contributed by atoms with Crippen LogP contribution in [0.4, 0.5) is 19.0 Å². The highest BCUT2D eigenvalue weighted by molar-refractivity contribution is 5.34. The molecule has 2 N–H and O–H groups in total. The van der Waals surface area contributed by atoms with Crippen molar-refractivity contribution in [2.75, 3.05) is 11.9 Å². The summed E-state index contributed by atoms with van der Waals surface area (Å²) < 4.78 is 36.6. The number of aliphatic hydroxyl groups is 1. The molecule has 0 aliphatic heterocycles. The van der Waals surface area contributed by atoms with Crippen LogP contribution in [0.15, 0.2) is 12.1 Å². The van der Waals surface area contributed by atoms with Crippen LogP contribution in [0.3, 0.4) is 0 Å². The number of hydrogen-bond donors (Lipinski definition) is 2. The van der Waals surface area contributed by atoms with Crippen LogP contribution >= 0.6 is 0 Å². The summed E-state index contributed by atoms with van der Waals surface area (Å²) in [6.07, 6.45) is -4.48. The molecule has 96 valence electrons. The Bertz CT molecular complexity index is 353. The average molecular weight is 249 g/mol. The molecule has 4 nitrogen and oxygen atoms in total. The maximum atomic E-state index is 12.2. The van der Waals surface area contributed by atoms with E-state index in [1.54, 1.807) is 6.92 Å². The van der Waals surface area contributed by atoms with Crippen LogP contribution in [0.2, 0.25) is 0 Å². The summed E-state index contributed by atoms with van der Waals surface area (Å²) >= 11 is 0. The Balaban J connectivity index is 2.69. The molecular weight excluding hydrogens is 235 g/mol. The van der Waals surface area contributed by atoms with Crippen molar-refractivity contribution in [3.63, 3.8) is 0 Å². The zero-order valence-corrected chi connectivity index (χ0v) is 9.49. The topological polar surface area (TPSA) is 58.0 Å². The van der Waals surface area contributed by atoms with Gasteiger partial charge in [0, 0.05) is 12.6 Å². The smallest absolute Gasteiger partial charge is 0.396 e. The molecule has 1 aromatic rings. The van der Waals surface area contributed by atoms with E-state index in [-0.39, 0.29) is 24.4 Å². The normalized spacial score (nSPS) is 15.4. The van der Waals surface area contributed by atoms with Gasteiger partial charge in [-0.3, -0.25) is 0 Å². The predicted octanol–water partition coefficient (Wildman–Crippen LogP) is 1.92. The molecule has 0 bridgehead atoms. The van der Waals surface area contributed by atoms with Crippen molar-refractivity contribution >= 4 is 5.82 Å². The Labute approximate surface area is 96.9 Å². The van der Waals surface area contributed by atoms with Crippen LogP contribution in [0.5, 0.6) is 0 Å². The van der Waals surface area contributed by atoms with E-state index in [0.717, 1.165) is 6.07 Å². The first-order chi connectivity index (χ1) is 7.84. The molecule has 0 aliphatic carbocycles. The van der Waals surface area contributed by atoms with Crippen molar-refractivity contribution < 1.29 is 18.3 Å². The molecule has 0 aliphatic rings. The quantitative estimate of drug-likeness (QED) is 0.856. The standard InChI is InChI=1S/C10H14F3N3O/c1-6(5-17)7(2)14-9-4-3-8(15-16-9)10(11,12)13/h3-4,6-7,17H,5H2,1-2H3,(H,14,16). The molecular formula is C10H14F3N3O. The maximum Gasteiger partial charge on any atom is 0.435 e. The number of rotatable bonds is 4. The first-order valence-corrected chi connectivity index (χ1v) is 5.13. The molecule has 0 radical (unpaired) electrons. The Morgan fingerprint density at radius 3 is 2.35 bits per heavy atom. The fourth-order valence-corrected chi connectivity index (χ4v) is 1.09. The third-order valence-corrected chi connectivity index (χ3v) is 2.47. The van der Waals surface area contributed by atoms with Crippen LogP contribution in [0, 0.1) is 5.92 Å². The molecule has 1 heterocycles. The molecule has 7 heteroatoms. The minimum Gasteiger partial charge on any atom is -0.396 e. The number of anilines is 1. The van der Waals surface area contributed by atoms with Gasteiger partial charge in [0.15, 0.2) is 5.69 Å². The summed E-state index contributed by atoms with van der Waals surface area (Å²) in [5.74, 6) is 0.227. The Hall–Kier alpha value is -1.37. The summed E-state index contributed by atoms with van der Waals surface area (Å²) in [4.78, 5) is 0. The van der Waals surface area contributed by atoms with Crippen LogP contribution in [0.1, 0.15) is 19.5 Å². The van der Waals surface area contributed by atoms with Crippen LogP contribution in [0.25, 0.3) is 0 Å². The zero-order valence-electron chi connectivity index (χ0n) is 9.49. The second kappa shape index (κ2) is 5.31. The lowest BCUT2D eigenvalue weighted by molar-refractivity contribution is -0.141. The van der Waals surface area contributed by atoms with E-state index in [0.29, 0.717) is 0 Å². The second-order valence-corrected chi connectivity index (χ2v) is 3.89. The molecule has 2 atom stereocenters. The SMILES string of the molecule is CC(CO)C(C)Nc1ccc(C(F)(F)F)nn1. The Morgan fingerprint density at radius 2 is 1.94 bits per heavy atom. The Morgan fingerprint density at radius 1 is 1.29 bits per heavy atom. The van der Waals surface area contributed by atoms with Crippen molar-refractivity contribution in [1.29, 1.82) is 0 Å². The summed E-state index contributed by atoms with van der Waals surface area (Å²) in [6, 6.07) is 1.98. The average Bonchev–Trinajstić information content (AvgIpc) is 2.27. The highest BCUT2D eigenvalue weighted by Gasteiger charge is 2.32. The van der Waals surface area contributed by atoms with Crippen LogP contribution < -0.4 is 5.32 Å². The molecule has 1 aromatic heterocycles. The van der Waals surface area contributed by atoms with Crippen LogP contribution in [-0.4, -0.2) is 28.0 Å². The summed E-state index contributed by atoms with van der Waals surface area (Å²) in [5.41, 5.74) is -1.02. The summed E-state index contributed by atoms with van der Waals surface area (Å²) in [5, 5.41) is 18.3. The lowest BCUT2D eigenvalue weighted by Gasteiger charge is -2.19. The van der Waals surface area contributed by atoms with Crippen molar-refractivity contribution in [1.82, 2.24) is 10.2 Å².